The van der Waals surface area contributed by atoms with Gasteiger partial charge in [0.25, 0.3) is 0 Å². The predicted molar refractivity (Wildman–Crippen MR) is 60.1 cm³/mol. The number of hydrogen-bond acceptors (Lipinski definition) is 5. The second-order valence-corrected chi connectivity index (χ2v) is 5.78. The molecule has 0 saturated heterocycles. The number of hydrogen-bond donors (Lipinski definition) is 2. The van der Waals surface area contributed by atoms with Crippen molar-refractivity contribution < 1.29 is 8.42 Å². The highest BCUT2D eigenvalue weighted by molar-refractivity contribution is 7.90. The van der Waals surface area contributed by atoms with Crippen LogP contribution in [0, 0.1) is 0 Å². The Morgan fingerprint density at radius 2 is 2.31 bits per heavy atom. The fourth-order valence-electron chi connectivity index (χ4n) is 1.11. The highest BCUT2D eigenvalue weighted by Gasteiger charge is 2.18. The molecule has 0 aliphatic rings. The van der Waals surface area contributed by atoms with E-state index in [1.54, 1.807) is 17.8 Å². The molecular formula is C8H17N5O2S. The Morgan fingerprint density at radius 1 is 1.62 bits per heavy atom. The molecule has 1 unspecified atom stereocenters. The van der Waals surface area contributed by atoms with Crippen LogP contribution in [0.25, 0.3) is 0 Å². The molecule has 1 atom stereocenters. The molecule has 7 nitrogen and oxygen atoms in total. The molecule has 1 heterocycles. The maximum absolute atomic E-state index is 11.5. The minimum atomic E-state index is -3.31. The van der Waals surface area contributed by atoms with Crippen LogP contribution in [0.3, 0.4) is 0 Å². The Labute approximate surface area is 95.1 Å². The second-order valence-electron chi connectivity index (χ2n) is 3.59. The highest BCUT2D eigenvalue weighted by Crippen LogP contribution is 1.97. The summed E-state index contributed by atoms with van der Waals surface area (Å²) in [6.07, 6.45) is 2.08. The molecule has 1 aromatic heterocycles. The number of nitrogens with one attached hydrogen (secondary N) is 1. The average molecular weight is 247 g/mol. The fourth-order valence-corrected chi connectivity index (χ4v) is 2.03. The van der Waals surface area contributed by atoms with E-state index in [0.717, 1.165) is 5.82 Å². The zero-order valence-corrected chi connectivity index (χ0v) is 10.2. The van der Waals surface area contributed by atoms with Crippen molar-refractivity contribution in [3.63, 3.8) is 0 Å². The zero-order chi connectivity index (χ0) is 12.2. The van der Waals surface area contributed by atoms with E-state index >= 15 is 0 Å². The number of aryl methyl sites for hydroxylation is 1. The number of aromatic nitrogens is 3. The van der Waals surface area contributed by atoms with Gasteiger partial charge in [-0.15, -0.1) is 10.2 Å². The average Bonchev–Trinajstić information content (AvgIpc) is 2.63. The smallest absolute Gasteiger partial charge is 0.215 e. The molecule has 3 N–H and O–H groups in total. The quantitative estimate of drug-likeness (QED) is 0.645. The van der Waals surface area contributed by atoms with Gasteiger partial charge in [0.15, 0.2) is 0 Å². The first-order valence-corrected chi connectivity index (χ1v) is 6.53. The van der Waals surface area contributed by atoms with Crippen molar-refractivity contribution in [1.29, 1.82) is 0 Å². The van der Waals surface area contributed by atoms with Crippen LogP contribution in [0.15, 0.2) is 6.33 Å². The van der Waals surface area contributed by atoms with E-state index in [1.165, 1.54) is 0 Å². The van der Waals surface area contributed by atoms with Crippen LogP contribution in [0.2, 0.25) is 0 Å². The van der Waals surface area contributed by atoms with Crippen molar-refractivity contribution in [3.8, 4) is 0 Å². The van der Waals surface area contributed by atoms with Gasteiger partial charge in [-0.1, -0.05) is 0 Å². The van der Waals surface area contributed by atoms with E-state index in [2.05, 4.69) is 14.9 Å². The normalized spacial score (nSPS) is 13.9. The summed E-state index contributed by atoms with van der Waals surface area (Å²) in [7, 11) is -1.50. The number of rotatable bonds is 6. The molecule has 8 heteroatoms. The second kappa shape index (κ2) is 5.37. The molecule has 0 fully saturated rings. The number of nitrogens with two attached hydrogens (primary N) is 1. The van der Waals surface area contributed by atoms with Gasteiger partial charge in [0, 0.05) is 26.6 Å². The van der Waals surface area contributed by atoms with Gasteiger partial charge in [0.1, 0.15) is 12.2 Å². The van der Waals surface area contributed by atoms with Crippen LogP contribution >= 0.6 is 0 Å². The minimum absolute atomic E-state index is 0.110. The summed E-state index contributed by atoms with van der Waals surface area (Å²) in [6.45, 7) is 1.99. The van der Waals surface area contributed by atoms with Crippen molar-refractivity contribution in [2.45, 2.75) is 18.6 Å². The SMILES string of the molecule is CC(CN)S(=O)(=O)NCCc1nncn1C. The Kier molecular flexibility index (Phi) is 4.39. The molecule has 92 valence electrons. The van der Waals surface area contributed by atoms with Gasteiger partial charge < -0.3 is 10.3 Å². The standard InChI is InChI=1S/C8H17N5O2S/c1-7(5-9)16(14,15)11-4-3-8-12-10-6-13(8)2/h6-7,11H,3-5,9H2,1-2H3. The van der Waals surface area contributed by atoms with Gasteiger partial charge in [-0.05, 0) is 6.92 Å². The van der Waals surface area contributed by atoms with E-state index in [0.29, 0.717) is 13.0 Å². The maximum Gasteiger partial charge on any atom is 0.215 e. The Morgan fingerprint density at radius 3 is 2.81 bits per heavy atom. The van der Waals surface area contributed by atoms with Crippen molar-refractivity contribution >= 4 is 10.0 Å². The van der Waals surface area contributed by atoms with Crippen LogP contribution in [-0.2, 0) is 23.5 Å². The lowest BCUT2D eigenvalue weighted by Gasteiger charge is -2.11. The Bertz CT molecular complexity index is 427. The molecule has 0 radical (unpaired) electrons. The van der Waals surface area contributed by atoms with Gasteiger partial charge in [-0.2, -0.15) is 0 Å². The topological polar surface area (TPSA) is 103 Å². The third-order valence-electron chi connectivity index (χ3n) is 2.32. The predicted octanol–water partition coefficient (Wildman–Crippen LogP) is -1.38. The first-order valence-electron chi connectivity index (χ1n) is 4.98. The molecule has 0 aliphatic heterocycles. The fraction of sp³-hybridized carbons (Fsp3) is 0.750. The summed E-state index contributed by atoms with van der Waals surface area (Å²) in [6, 6.07) is 0. The third-order valence-corrected chi connectivity index (χ3v) is 4.18. The van der Waals surface area contributed by atoms with Gasteiger partial charge in [0.05, 0.1) is 5.25 Å². The summed E-state index contributed by atoms with van der Waals surface area (Å²) in [5, 5.41) is 6.98. The minimum Gasteiger partial charge on any atom is -0.329 e. The third kappa shape index (κ3) is 3.26. The molecule has 0 bridgehead atoms. The van der Waals surface area contributed by atoms with E-state index in [1.807, 2.05) is 7.05 Å². The van der Waals surface area contributed by atoms with Gasteiger partial charge in [-0.25, -0.2) is 13.1 Å². The first-order chi connectivity index (χ1) is 7.47. The maximum atomic E-state index is 11.5. The lowest BCUT2D eigenvalue weighted by atomic mass is 10.4. The van der Waals surface area contributed by atoms with E-state index < -0.39 is 15.3 Å². The number of sulfonamides is 1. The summed E-state index contributed by atoms with van der Waals surface area (Å²) in [5.74, 6) is 0.739. The molecule has 1 aromatic rings. The van der Waals surface area contributed by atoms with Crippen molar-refractivity contribution in [3.05, 3.63) is 12.2 Å². The Hall–Kier alpha value is -0.990. The van der Waals surface area contributed by atoms with Crippen molar-refractivity contribution in [2.24, 2.45) is 12.8 Å². The summed E-state index contributed by atoms with van der Waals surface area (Å²) >= 11 is 0. The molecule has 16 heavy (non-hydrogen) atoms. The van der Waals surface area contributed by atoms with Gasteiger partial charge in [-0.3, -0.25) is 0 Å². The van der Waals surface area contributed by atoms with Crippen molar-refractivity contribution in [2.75, 3.05) is 13.1 Å². The van der Waals surface area contributed by atoms with E-state index in [9.17, 15) is 8.42 Å². The first kappa shape index (κ1) is 13.1. The van der Waals surface area contributed by atoms with Crippen LogP contribution in [0.4, 0.5) is 0 Å². The molecule has 0 aromatic carbocycles. The Balaban J connectivity index is 2.45. The molecule has 1 rings (SSSR count). The number of nitrogens with zero attached hydrogens (tertiary/aromatic N) is 3. The largest absolute Gasteiger partial charge is 0.329 e. The van der Waals surface area contributed by atoms with E-state index in [-0.39, 0.29) is 6.54 Å². The summed E-state index contributed by atoms with van der Waals surface area (Å²) in [4.78, 5) is 0. The lowest BCUT2D eigenvalue weighted by Crippen LogP contribution is -2.38. The van der Waals surface area contributed by atoms with E-state index in [4.69, 9.17) is 5.73 Å². The monoisotopic (exact) mass is 247 g/mol. The summed E-state index contributed by atoms with van der Waals surface area (Å²) < 4.78 is 27.3. The molecule has 0 saturated carbocycles. The van der Waals surface area contributed by atoms with Gasteiger partial charge in [0.2, 0.25) is 10.0 Å². The lowest BCUT2D eigenvalue weighted by molar-refractivity contribution is 0.567. The highest BCUT2D eigenvalue weighted by atomic mass is 32.2. The molecule has 0 spiro atoms. The van der Waals surface area contributed by atoms with Crippen molar-refractivity contribution in [1.82, 2.24) is 19.5 Å². The van der Waals surface area contributed by atoms with Crippen LogP contribution in [0.1, 0.15) is 12.7 Å². The van der Waals surface area contributed by atoms with Crippen LogP contribution in [-0.4, -0.2) is 41.5 Å². The molecular weight excluding hydrogens is 230 g/mol. The van der Waals surface area contributed by atoms with Gasteiger partial charge >= 0.3 is 0 Å². The molecule has 0 aliphatic carbocycles. The van der Waals surface area contributed by atoms with Crippen LogP contribution in [0.5, 0.6) is 0 Å². The summed E-state index contributed by atoms with van der Waals surface area (Å²) in [5.41, 5.74) is 5.30. The van der Waals surface area contributed by atoms with Crippen LogP contribution < -0.4 is 10.5 Å². The molecule has 0 amide bonds. The zero-order valence-electron chi connectivity index (χ0n) is 9.42.